The van der Waals surface area contributed by atoms with Crippen LogP contribution in [0.25, 0.3) is 0 Å². The summed E-state index contributed by atoms with van der Waals surface area (Å²) < 4.78 is 4.97. The highest BCUT2D eigenvalue weighted by atomic mass is 35.5. The van der Waals surface area contributed by atoms with Gasteiger partial charge in [-0.15, -0.1) is 0 Å². The van der Waals surface area contributed by atoms with Crippen molar-refractivity contribution in [3.05, 3.63) is 41.6 Å². The number of hydrogen-bond donors (Lipinski definition) is 2. The maximum absolute atomic E-state index is 5.92. The van der Waals surface area contributed by atoms with E-state index >= 15 is 0 Å². The van der Waals surface area contributed by atoms with E-state index in [1.807, 2.05) is 24.3 Å². The number of nitrogens with one attached hydrogen (secondary N) is 2. The third-order valence-electron chi connectivity index (χ3n) is 2.35. The quantitative estimate of drug-likeness (QED) is 0.796. The summed E-state index contributed by atoms with van der Waals surface area (Å²) in [6.07, 6.45) is 1.69. The minimum atomic E-state index is 0.518. The van der Waals surface area contributed by atoms with Gasteiger partial charge >= 0.3 is 0 Å². The van der Waals surface area contributed by atoms with E-state index in [2.05, 4.69) is 20.6 Å². The summed E-state index contributed by atoms with van der Waals surface area (Å²) in [6.45, 7) is 1.32. The molecule has 2 rings (SSSR count). The second-order valence-electron chi connectivity index (χ2n) is 3.82. The molecule has 0 saturated carbocycles. The van der Waals surface area contributed by atoms with Gasteiger partial charge in [-0.2, -0.15) is 4.98 Å². The van der Waals surface area contributed by atoms with Crippen molar-refractivity contribution in [2.75, 3.05) is 30.9 Å². The third kappa shape index (κ3) is 4.39. The van der Waals surface area contributed by atoms with Crippen molar-refractivity contribution in [2.24, 2.45) is 0 Å². The molecule has 0 bridgehead atoms. The van der Waals surface area contributed by atoms with Gasteiger partial charge in [-0.25, -0.2) is 4.98 Å². The highest BCUT2D eigenvalue weighted by Crippen LogP contribution is 2.18. The summed E-state index contributed by atoms with van der Waals surface area (Å²) in [6, 6.07) is 9.21. The zero-order valence-corrected chi connectivity index (χ0v) is 11.3. The van der Waals surface area contributed by atoms with Crippen LogP contribution in [-0.4, -0.2) is 30.2 Å². The van der Waals surface area contributed by atoms with E-state index in [4.69, 9.17) is 16.3 Å². The van der Waals surface area contributed by atoms with Crippen LogP contribution in [0.5, 0.6) is 0 Å². The molecule has 0 aliphatic carbocycles. The van der Waals surface area contributed by atoms with Crippen molar-refractivity contribution in [3.8, 4) is 0 Å². The normalized spacial score (nSPS) is 10.2. The van der Waals surface area contributed by atoms with E-state index in [0.29, 0.717) is 24.1 Å². The number of rotatable bonds is 6. The molecule has 5 nitrogen and oxygen atoms in total. The van der Waals surface area contributed by atoms with Gasteiger partial charge in [-0.3, -0.25) is 0 Å². The largest absolute Gasteiger partial charge is 0.383 e. The molecule has 19 heavy (non-hydrogen) atoms. The van der Waals surface area contributed by atoms with Crippen molar-refractivity contribution in [3.63, 3.8) is 0 Å². The SMILES string of the molecule is COCCNc1ccnc(Nc2cccc(Cl)c2)n1. The lowest BCUT2D eigenvalue weighted by Gasteiger charge is -2.08. The lowest BCUT2D eigenvalue weighted by Crippen LogP contribution is -2.09. The molecule has 0 spiro atoms. The molecule has 0 fully saturated rings. The predicted octanol–water partition coefficient (Wildman–Crippen LogP) is 2.93. The van der Waals surface area contributed by atoms with E-state index in [-0.39, 0.29) is 0 Å². The molecule has 0 aliphatic heterocycles. The van der Waals surface area contributed by atoms with Crippen molar-refractivity contribution in [2.45, 2.75) is 0 Å². The second-order valence-corrected chi connectivity index (χ2v) is 4.26. The fraction of sp³-hybridized carbons (Fsp3) is 0.231. The van der Waals surface area contributed by atoms with Crippen LogP contribution in [0.1, 0.15) is 0 Å². The predicted molar refractivity (Wildman–Crippen MR) is 77.1 cm³/mol. The van der Waals surface area contributed by atoms with Gasteiger partial charge in [0.05, 0.1) is 6.61 Å². The first-order chi connectivity index (χ1) is 9.28. The number of ether oxygens (including phenoxy) is 1. The van der Waals surface area contributed by atoms with Gasteiger partial charge in [0.15, 0.2) is 0 Å². The molecule has 0 amide bonds. The Morgan fingerprint density at radius 1 is 1.32 bits per heavy atom. The van der Waals surface area contributed by atoms with Crippen molar-refractivity contribution in [1.82, 2.24) is 9.97 Å². The van der Waals surface area contributed by atoms with Gasteiger partial charge < -0.3 is 15.4 Å². The van der Waals surface area contributed by atoms with Gasteiger partial charge in [0.1, 0.15) is 5.82 Å². The van der Waals surface area contributed by atoms with Gasteiger partial charge in [0.25, 0.3) is 0 Å². The number of nitrogens with zero attached hydrogens (tertiary/aromatic N) is 2. The Hall–Kier alpha value is -1.85. The maximum atomic E-state index is 5.92. The number of benzene rings is 1. The van der Waals surface area contributed by atoms with Crippen molar-refractivity contribution in [1.29, 1.82) is 0 Å². The molecule has 0 unspecified atom stereocenters. The van der Waals surface area contributed by atoms with Gasteiger partial charge in [-0.1, -0.05) is 17.7 Å². The molecule has 1 aromatic heterocycles. The first kappa shape index (κ1) is 13.6. The first-order valence-electron chi connectivity index (χ1n) is 5.86. The minimum Gasteiger partial charge on any atom is -0.383 e. The molecule has 100 valence electrons. The minimum absolute atomic E-state index is 0.518. The molecule has 0 atom stereocenters. The second kappa shape index (κ2) is 6.92. The fourth-order valence-electron chi connectivity index (χ4n) is 1.49. The lowest BCUT2D eigenvalue weighted by molar-refractivity contribution is 0.210. The summed E-state index contributed by atoms with van der Waals surface area (Å²) in [7, 11) is 1.66. The Kier molecular flexibility index (Phi) is 4.94. The molecule has 6 heteroatoms. The molecule has 2 N–H and O–H groups in total. The van der Waals surface area contributed by atoms with Gasteiger partial charge in [0.2, 0.25) is 5.95 Å². The summed E-state index contributed by atoms with van der Waals surface area (Å²) in [5.74, 6) is 1.27. The highest BCUT2D eigenvalue weighted by Gasteiger charge is 2.00. The zero-order chi connectivity index (χ0) is 13.5. The van der Waals surface area contributed by atoms with E-state index in [1.165, 1.54) is 0 Å². The van der Waals surface area contributed by atoms with Crippen LogP contribution in [0, 0.1) is 0 Å². The van der Waals surface area contributed by atoms with E-state index in [9.17, 15) is 0 Å². The summed E-state index contributed by atoms with van der Waals surface area (Å²) in [4.78, 5) is 8.49. The van der Waals surface area contributed by atoms with Crippen LogP contribution in [-0.2, 0) is 4.74 Å². The number of anilines is 3. The number of aromatic nitrogens is 2. The Bertz CT molecular complexity index is 536. The Balaban J connectivity index is 2.02. The summed E-state index contributed by atoms with van der Waals surface area (Å²) >= 11 is 5.92. The molecule has 1 heterocycles. The summed E-state index contributed by atoms with van der Waals surface area (Å²) in [5, 5.41) is 6.90. The molecule has 0 radical (unpaired) electrons. The van der Waals surface area contributed by atoms with Crippen LogP contribution in [0.15, 0.2) is 36.5 Å². The van der Waals surface area contributed by atoms with Crippen LogP contribution in [0.4, 0.5) is 17.5 Å². The number of hydrogen-bond acceptors (Lipinski definition) is 5. The Morgan fingerprint density at radius 3 is 3.00 bits per heavy atom. The van der Waals surface area contributed by atoms with Crippen LogP contribution in [0.2, 0.25) is 5.02 Å². The molecule has 2 aromatic rings. The molecule has 0 aliphatic rings. The average Bonchev–Trinajstić information content (AvgIpc) is 2.39. The van der Waals surface area contributed by atoms with Crippen LogP contribution < -0.4 is 10.6 Å². The fourth-order valence-corrected chi connectivity index (χ4v) is 1.68. The smallest absolute Gasteiger partial charge is 0.229 e. The first-order valence-corrected chi connectivity index (χ1v) is 6.24. The van der Waals surface area contributed by atoms with Crippen molar-refractivity contribution < 1.29 is 4.74 Å². The molecular weight excluding hydrogens is 264 g/mol. The Morgan fingerprint density at radius 2 is 2.21 bits per heavy atom. The molecular formula is C13H15ClN4O. The monoisotopic (exact) mass is 278 g/mol. The van der Waals surface area contributed by atoms with Crippen LogP contribution >= 0.6 is 11.6 Å². The molecule has 1 aromatic carbocycles. The highest BCUT2D eigenvalue weighted by molar-refractivity contribution is 6.30. The lowest BCUT2D eigenvalue weighted by atomic mass is 10.3. The van der Waals surface area contributed by atoms with E-state index in [1.54, 1.807) is 19.4 Å². The molecule has 0 saturated heterocycles. The average molecular weight is 279 g/mol. The van der Waals surface area contributed by atoms with Crippen LogP contribution in [0.3, 0.4) is 0 Å². The maximum Gasteiger partial charge on any atom is 0.229 e. The summed E-state index contributed by atoms with van der Waals surface area (Å²) in [5.41, 5.74) is 0.849. The Labute approximate surface area is 117 Å². The number of methoxy groups -OCH3 is 1. The topological polar surface area (TPSA) is 59.1 Å². The van der Waals surface area contributed by atoms with Gasteiger partial charge in [-0.05, 0) is 24.3 Å². The standard InChI is InChI=1S/C13H15ClN4O/c1-19-8-7-15-12-5-6-16-13(18-12)17-11-4-2-3-10(14)9-11/h2-6,9H,7-8H2,1H3,(H2,15,16,17,18). The van der Waals surface area contributed by atoms with Crippen molar-refractivity contribution >= 4 is 29.1 Å². The van der Waals surface area contributed by atoms with E-state index in [0.717, 1.165) is 11.5 Å². The van der Waals surface area contributed by atoms with Gasteiger partial charge in [0, 0.05) is 30.6 Å². The number of halogens is 1. The third-order valence-corrected chi connectivity index (χ3v) is 2.58. The zero-order valence-electron chi connectivity index (χ0n) is 10.6. The van der Waals surface area contributed by atoms with E-state index < -0.39 is 0 Å².